The van der Waals surface area contributed by atoms with Gasteiger partial charge in [0.25, 0.3) is 0 Å². The van der Waals surface area contributed by atoms with Gasteiger partial charge in [-0.15, -0.1) is 0 Å². The molecule has 0 aliphatic carbocycles. The van der Waals surface area contributed by atoms with Crippen molar-refractivity contribution in [2.75, 3.05) is 13.2 Å². The lowest BCUT2D eigenvalue weighted by Crippen LogP contribution is -2.38. The molecule has 0 aliphatic rings. The maximum Gasteiger partial charge on any atom is 0.323 e. The van der Waals surface area contributed by atoms with Gasteiger partial charge in [-0.1, -0.05) is 87.3 Å². The van der Waals surface area contributed by atoms with Crippen LogP contribution in [0, 0.1) is 0 Å². The lowest BCUT2D eigenvalue weighted by molar-refractivity contribution is -0.145. The van der Waals surface area contributed by atoms with E-state index in [9.17, 15) is 4.79 Å². The third-order valence-electron chi connectivity index (χ3n) is 3.54. The van der Waals surface area contributed by atoms with Gasteiger partial charge in [0.15, 0.2) is 0 Å². The van der Waals surface area contributed by atoms with E-state index in [0.29, 0.717) is 13.2 Å². The van der Waals surface area contributed by atoms with Crippen molar-refractivity contribution in [3.05, 3.63) is 0 Å². The molecule has 0 radical (unpaired) electrons. The third kappa shape index (κ3) is 10.9. The van der Waals surface area contributed by atoms with Crippen molar-refractivity contribution in [2.24, 2.45) is 5.73 Å². The lowest BCUT2D eigenvalue weighted by atomic mass is 10.1. The monoisotopic (exact) mass is 397 g/mol. The Hall–Kier alpha value is 0.160. The first-order valence-electron chi connectivity index (χ1n) is 8.10. The Kier molecular flexibility index (Phi) is 13.0. The van der Waals surface area contributed by atoms with Crippen molar-refractivity contribution in [1.29, 1.82) is 0 Å². The molecule has 0 saturated carbocycles. The van der Waals surface area contributed by atoms with E-state index in [2.05, 4.69) is 29.5 Å². The van der Waals surface area contributed by atoms with E-state index >= 15 is 0 Å². The first kappa shape index (κ1) is 20.2. The van der Waals surface area contributed by atoms with Gasteiger partial charge in [-0.3, -0.25) is 4.79 Å². The van der Waals surface area contributed by atoms with Crippen LogP contribution in [-0.2, 0) is 9.53 Å². The second-order valence-corrected chi connectivity index (χ2v) is 8.10. The normalized spacial score (nSPS) is 14.0. The molecule has 120 valence electrons. The molecule has 0 rings (SSSR count). The zero-order chi connectivity index (χ0) is 15.3. The van der Waals surface area contributed by atoms with E-state index in [1.54, 1.807) is 0 Å². The van der Waals surface area contributed by atoms with Crippen molar-refractivity contribution in [3.63, 3.8) is 0 Å². The van der Waals surface area contributed by atoms with Crippen LogP contribution in [0.25, 0.3) is 0 Å². The number of hydrogen-bond acceptors (Lipinski definition) is 3. The van der Waals surface area contributed by atoms with Crippen LogP contribution in [0.5, 0.6) is 0 Å². The quantitative estimate of drug-likeness (QED) is 0.214. The molecule has 1 unspecified atom stereocenters. The van der Waals surface area contributed by atoms with Crippen LogP contribution in [0.2, 0.25) is 0 Å². The van der Waals surface area contributed by atoms with Crippen molar-refractivity contribution >= 4 is 28.6 Å². The Morgan fingerprint density at radius 1 is 1.00 bits per heavy atom. The number of ether oxygens (including phenoxy) is 1. The second-order valence-electron chi connectivity index (χ2n) is 5.72. The maximum atomic E-state index is 11.6. The molecule has 3 nitrogen and oxygen atoms in total. The van der Waals surface area contributed by atoms with E-state index in [0.717, 1.165) is 12.8 Å². The minimum atomic E-state index is -0.573. The molecule has 20 heavy (non-hydrogen) atoms. The molecule has 0 fully saturated rings. The van der Waals surface area contributed by atoms with Crippen LogP contribution >= 0.6 is 22.6 Å². The highest BCUT2D eigenvalue weighted by Gasteiger charge is 2.29. The van der Waals surface area contributed by atoms with Crippen molar-refractivity contribution in [3.8, 4) is 0 Å². The predicted octanol–water partition coefficient (Wildman–Crippen LogP) is 4.60. The molecule has 0 saturated heterocycles. The van der Waals surface area contributed by atoms with Gasteiger partial charge in [0.2, 0.25) is 0 Å². The van der Waals surface area contributed by atoms with Crippen LogP contribution in [0.3, 0.4) is 0 Å². The Balaban J connectivity index is 3.27. The van der Waals surface area contributed by atoms with Crippen LogP contribution in [0.4, 0.5) is 0 Å². The topological polar surface area (TPSA) is 52.3 Å². The molecule has 0 aromatic carbocycles. The fourth-order valence-corrected chi connectivity index (χ4v) is 2.14. The number of carbonyl (C=O) groups is 1. The third-order valence-corrected chi connectivity index (χ3v) is 4.42. The second kappa shape index (κ2) is 12.9. The highest BCUT2D eigenvalue weighted by molar-refractivity contribution is 14.1. The zero-order valence-corrected chi connectivity index (χ0v) is 15.4. The molecule has 0 bridgehead atoms. The summed E-state index contributed by atoms with van der Waals surface area (Å²) in [5.41, 5.74) is 5.53. The van der Waals surface area contributed by atoms with Crippen LogP contribution in [0.1, 0.15) is 78.1 Å². The van der Waals surface area contributed by atoms with Gasteiger partial charge in [-0.05, 0) is 13.3 Å². The molecule has 0 amide bonds. The van der Waals surface area contributed by atoms with E-state index in [4.69, 9.17) is 10.5 Å². The standard InChI is InChI=1S/C16H32INO2/c1-3-4-5-6-7-8-9-10-11-12-13-20-15(19)16(2,17)14-18/h3-14,18H2,1-2H3. The molecule has 0 aromatic heterocycles. The maximum absolute atomic E-state index is 11.6. The van der Waals surface area contributed by atoms with Gasteiger partial charge in [0, 0.05) is 6.54 Å². The van der Waals surface area contributed by atoms with E-state index in [-0.39, 0.29) is 5.97 Å². The average Bonchev–Trinajstić information content (AvgIpc) is 2.44. The Bertz CT molecular complexity index is 245. The molecule has 0 aliphatic heterocycles. The van der Waals surface area contributed by atoms with Crippen LogP contribution < -0.4 is 5.73 Å². The molecule has 0 aromatic rings. The molecule has 4 heteroatoms. The number of alkyl halides is 1. The summed E-state index contributed by atoms with van der Waals surface area (Å²) in [5.74, 6) is -0.184. The first-order chi connectivity index (χ1) is 9.54. The summed E-state index contributed by atoms with van der Waals surface area (Å²) in [6.45, 7) is 4.92. The summed E-state index contributed by atoms with van der Waals surface area (Å²) in [6.07, 6.45) is 12.9. The van der Waals surface area contributed by atoms with Crippen molar-refractivity contribution < 1.29 is 9.53 Å². The summed E-state index contributed by atoms with van der Waals surface area (Å²) < 4.78 is 4.67. The fraction of sp³-hybridized carbons (Fsp3) is 0.938. The van der Waals surface area contributed by atoms with Crippen LogP contribution in [0.15, 0.2) is 0 Å². The number of unbranched alkanes of at least 4 members (excludes halogenated alkanes) is 9. The van der Waals surface area contributed by atoms with Gasteiger partial charge >= 0.3 is 5.97 Å². The predicted molar refractivity (Wildman–Crippen MR) is 94.3 cm³/mol. The van der Waals surface area contributed by atoms with Gasteiger partial charge in [-0.25, -0.2) is 0 Å². The summed E-state index contributed by atoms with van der Waals surface area (Å²) in [5, 5.41) is 0. The zero-order valence-electron chi connectivity index (χ0n) is 13.3. The number of esters is 1. The molecule has 0 heterocycles. The summed E-state index contributed by atoms with van der Waals surface area (Å²) in [4.78, 5) is 11.6. The molecule has 1 atom stereocenters. The number of hydrogen-bond donors (Lipinski definition) is 1. The highest BCUT2D eigenvalue weighted by Crippen LogP contribution is 2.18. The Morgan fingerprint density at radius 2 is 1.45 bits per heavy atom. The van der Waals surface area contributed by atoms with Crippen molar-refractivity contribution in [1.82, 2.24) is 0 Å². The minimum Gasteiger partial charge on any atom is -0.465 e. The van der Waals surface area contributed by atoms with Gasteiger partial charge < -0.3 is 10.5 Å². The SMILES string of the molecule is CCCCCCCCCCCCOC(=O)C(C)(I)CN. The van der Waals surface area contributed by atoms with Crippen LogP contribution in [-0.4, -0.2) is 22.5 Å². The Morgan fingerprint density at radius 3 is 1.90 bits per heavy atom. The van der Waals surface area contributed by atoms with Gasteiger partial charge in [0.1, 0.15) is 3.42 Å². The molecular weight excluding hydrogens is 365 g/mol. The smallest absolute Gasteiger partial charge is 0.323 e. The number of carbonyl (C=O) groups excluding carboxylic acids is 1. The molecule has 0 spiro atoms. The summed E-state index contributed by atoms with van der Waals surface area (Å²) in [7, 11) is 0. The van der Waals surface area contributed by atoms with Crippen molar-refractivity contribution in [2.45, 2.75) is 81.5 Å². The Labute approximate surface area is 138 Å². The van der Waals surface area contributed by atoms with Gasteiger partial charge in [0.05, 0.1) is 6.61 Å². The summed E-state index contributed by atoms with van der Waals surface area (Å²) >= 11 is 2.06. The first-order valence-corrected chi connectivity index (χ1v) is 9.18. The fourth-order valence-electron chi connectivity index (χ4n) is 1.99. The van der Waals surface area contributed by atoms with Gasteiger partial charge in [-0.2, -0.15) is 0 Å². The number of halogens is 1. The lowest BCUT2D eigenvalue weighted by Gasteiger charge is -2.18. The highest BCUT2D eigenvalue weighted by atomic mass is 127. The summed E-state index contributed by atoms with van der Waals surface area (Å²) in [6, 6.07) is 0. The number of rotatable bonds is 13. The minimum absolute atomic E-state index is 0.184. The van der Waals surface area contributed by atoms with E-state index in [1.807, 2.05) is 6.92 Å². The molecule has 2 N–H and O–H groups in total. The van der Waals surface area contributed by atoms with E-state index in [1.165, 1.54) is 51.4 Å². The average molecular weight is 397 g/mol. The number of nitrogens with two attached hydrogens (primary N) is 1. The van der Waals surface area contributed by atoms with E-state index < -0.39 is 3.42 Å². The molecular formula is C16H32INO2. The largest absolute Gasteiger partial charge is 0.465 e.